The summed E-state index contributed by atoms with van der Waals surface area (Å²) in [6, 6.07) is -5.54. The number of nitrogens with two attached hydrogens (primary N) is 3. The summed E-state index contributed by atoms with van der Waals surface area (Å²) in [7, 11) is 0. The molecule has 4 unspecified atom stereocenters. The normalized spacial score (nSPS) is 14.4. The predicted molar refractivity (Wildman–Crippen MR) is 106 cm³/mol. The van der Waals surface area contributed by atoms with Crippen molar-refractivity contribution in [1.82, 2.24) is 16.0 Å². The van der Waals surface area contributed by atoms with Gasteiger partial charge in [-0.1, -0.05) is 0 Å². The second-order valence-electron chi connectivity index (χ2n) is 6.86. The van der Waals surface area contributed by atoms with Crippen LogP contribution in [0.1, 0.15) is 39.0 Å². The number of hydrogen-bond donors (Lipinski definition) is 8. The van der Waals surface area contributed by atoms with E-state index in [9.17, 15) is 33.9 Å². The number of carboxylic acids is 2. The lowest BCUT2D eigenvalue weighted by atomic mass is 10.1. The molecule has 0 aliphatic rings. The van der Waals surface area contributed by atoms with Gasteiger partial charge in [-0.15, -0.1) is 0 Å². The summed E-state index contributed by atoms with van der Waals surface area (Å²) in [5.74, 6) is -6.66. The van der Waals surface area contributed by atoms with E-state index in [1.54, 1.807) is 0 Å². The Morgan fingerprint density at radius 3 is 1.71 bits per heavy atom. The van der Waals surface area contributed by atoms with E-state index < -0.39 is 72.6 Å². The van der Waals surface area contributed by atoms with Crippen molar-refractivity contribution >= 4 is 35.6 Å². The zero-order chi connectivity index (χ0) is 24.1. The lowest BCUT2D eigenvalue weighted by molar-refractivity contribution is -0.143. The first-order valence-corrected chi connectivity index (χ1v) is 9.48. The molecule has 4 amide bonds. The Labute approximate surface area is 178 Å². The molecule has 0 aromatic carbocycles. The second-order valence-corrected chi connectivity index (χ2v) is 6.86. The Morgan fingerprint density at radius 2 is 1.29 bits per heavy atom. The molecule has 14 nitrogen and oxygen atoms in total. The van der Waals surface area contributed by atoms with Gasteiger partial charge in [0.2, 0.25) is 23.6 Å². The fourth-order valence-corrected chi connectivity index (χ4v) is 2.39. The fraction of sp³-hybridized carbons (Fsp3) is 0.647. The maximum Gasteiger partial charge on any atom is 0.326 e. The number of hydrogen-bond acceptors (Lipinski definition) is 8. The van der Waals surface area contributed by atoms with Gasteiger partial charge in [-0.25, -0.2) is 4.79 Å². The monoisotopic (exact) mass is 446 g/mol. The SMILES string of the molecule is CC(N)C(=O)NC(CC(=O)O)C(=O)NC(CC(N)=O)C(=O)NC(CCCCN)C(=O)O. The highest BCUT2D eigenvalue weighted by molar-refractivity contribution is 5.97. The van der Waals surface area contributed by atoms with E-state index in [0.717, 1.165) is 0 Å². The van der Waals surface area contributed by atoms with Crippen LogP contribution in [0.4, 0.5) is 0 Å². The van der Waals surface area contributed by atoms with Crippen LogP contribution in [0.25, 0.3) is 0 Å². The van der Waals surface area contributed by atoms with Gasteiger partial charge in [-0.2, -0.15) is 0 Å². The van der Waals surface area contributed by atoms with E-state index in [-0.39, 0.29) is 6.42 Å². The van der Waals surface area contributed by atoms with Gasteiger partial charge in [0.1, 0.15) is 18.1 Å². The van der Waals surface area contributed by atoms with E-state index in [1.807, 2.05) is 0 Å². The number of unbranched alkanes of at least 4 members (excludes halogenated alkanes) is 1. The van der Waals surface area contributed by atoms with Gasteiger partial charge in [-0.3, -0.25) is 24.0 Å². The average Bonchev–Trinajstić information content (AvgIpc) is 2.64. The number of amides is 4. The van der Waals surface area contributed by atoms with Crippen LogP contribution >= 0.6 is 0 Å². The minimum absolute atomic E-state index is 0.0571. The summed E-state index contributed by atoms with van der Waals surface area (Å²) in [4.78, 5) is 70.4. The van der Waals surface area contributed by atoms with Crippen LogP contribution in [0.5, 0.6) is 0 Å². The molecule has 4 atom stereocenters. The van der Waals surface area contributed by atoms with Gasteiger partial charge in [0.25, 0.3) is 0 Å². The topological polar surface area (TPSA) is 257 Å². The molecule has 0 heterocycles. The lowest BCUT2D eigenvalue weighted by Gasteiger charge is -2.23. The number of rotatable bonds is 15. The van der Waals surface area contributed by atoms with Gasteiger partial charge in [0, 0.05) is 0 Å². The molecular formula is C17H30N6O8. The summed E-state index contributed by atoms with van der Waals surface area (Å²) in [5, 5.41) is 24.7. The summed E-state index contributed by atoms with van der Waals surface area (Å²) >= 11 is 0. The van der Waals surface area contributed by atoms with Gasteiger partial charge >= 0.3 is 11.9 Å². The van der Waals surface area contributed by atoms with Crippen LogP contribution in [0.2, 0.25) is 0 Å². The number of carboxylic acid groups (broad SMARTS) is 2. The highest BCUT2D eigenvalue weighted by atomic mass is 16.4. The minimum Gasteiger partial charge on any atom is -0.481 e. The molecule has 0 rings (SSSR count). The molecule has 14 heteroatoms. The molecule has 0 aliphatic carbocycles. The van der Waals surface area contributed by atoms with Crippen molar-refractivity contribution in [3.8, 4) is 0 Å². The van der Waals surface area contributed by atoms with Crippen molar-refractivity contribution in [2.24, 2.45) is 17.2 Å². The maximum atomic E-state index is 12.5. The second kappa shape index (κ2) is 13.9. The fourth-order valence-electron chi connectivity index (χ4n) is 2.39. The molecule has 0 saturated heterocycles. The van der Waals surface area contributed by atoms with Gasteiger partial charge in [-0.05, 0) is 32.7 Å². The van der Waals surface area contributed by atoms with Crippen LogP contribution in [0, 0.1) is 0 Å². The Morgan fingerprint density at radius 1 is 0.806 bits per heavy atom. The van der Waals surface area contributed by atoms with E-state index in [4.69, 9.17) is 22.3 Å². The van der Waals surface area contributed by atoms with Crippen LogP contribution < -0.4 is 33.2 Å². The van der Waals surface area contributed by atoms with Crippen LogP contribution in [-0.4, -0.2) is 76.5 Å². The van der Waals surface area contributed by atoms with Crippen molar-refractivity contribution in [3.05, 3.63) is 0 Å². The van der Waals surface area contributed by atoms with E-state index in [0.29, 0.717) is 19.4 Å². The summed E-state index contributed by atoms with van der Waals surface area (Å²) < 4.78 is 0. The predicted octanol–water partition coefficient (Wildman–Crippen LogP) is -3.65. The molecule has 11 N–H and O–H groups in total. The van der Waals surface area contributed by atoms with E-state index in [2.05, 4.69) is 16.0 Å². The molecular weight excluding hydrogens is 416 g/mol. The molecule has 0 aromatic heterocycles. The molecule has 0 fully saturated rings. The Hall–Kier alpha value is -3.26. The third kappa shape index (κ3) is 11.5. The van der Waals surface area contributed by atoms with Crippen molar-refractivity contribution in [2.75, 3.05) is 6.54 Å². The first-order valence-electron chi connectivity index (χ1n) is 9.48. The Bertz CT molecular complexity index is 684. The average molecular weight is 446 g/mol. The van der Waals surface area contributed by atoms with Crippen LogP contribution in [0.3, 0.4) is 0 Å². The van der Waals surface area contributed by atoms with Gasteiger partial charge < -0.3 is 43.4 Å². The molecule has 0 saturated carbocycles. The quantitative estimate of drug-likeness (QED) is 0.114. The summed E-state index contributed by atoms with van der Waals surface area (Å²) in [6.07, 6.45) is -0.525. The van der Waals surface area contributed by atoms with Crippen molar-refractivity contribution in [2.45, 2.75) is 63.2 Å². The standard InChI is InChI=1S/C17H30N6O8/c1-8(19)14(27)22-11(7-13(25)26)16(29)23-10(6-12(20)24)15(28)21-9(17(30)31)4-2-3-5-18/h8-11H,2-7,18-19H2,1H3,(H2,20,24)(H,21,28)(H,22,27)(H,23,29)(H,25,26)(H,30,31). The number of aliphatic carboxylic acids is 2. The first-order chi connectivity index (χ1) is 14.4. The maximum absolute atomic E-state index is 12.5. The third-order valence-corrected chi connectivity index (χ3v) is 4.03. The zero-order valence-corrected chi connectivity index (χ0v) is 17.1. The number of primary amides is 1. The van der Waals surface area contributed by atoms with E-state index in [1.165, 1.54) is 6.92 Å². The minimum atomic E-state index is -1.60. The molecule has 176 valence electrons. The number of nitrogens with one attached hydrogen (secondary N) is 3. The van der Waals surface area contributed by atoms with Crippen molar-refractivity contribution in [1.29, 1.82) is 0 Å². The number of carbonyl (C=O) groups excluding carboxylic acids is 4. The third-order valence-electron chi connectivity index (χ3n) is 4.03. The van der Waals surface area contributed by atoms with Crippen molar-refractivity contribution in [3.63, 3.8) is 0 Å². The van der Waals surface area contributed by atoms with Gasteiger partial charge in [0.05, 0.1) is 18.9 Å². The highest BCUT2D eigenvalue weighted by Gasteiger charge is 2.31. The smallest absolute Gasteiger partial charge is 0.326 e. The van der Waals surface area contributed by atoms with Crippen LogP contribution in [-0.2, 0) is 28.8 Å². The number of carbonyl (C=O) groups is 6. The largest absolute Gasteiger partial charge is 0.481 e. The first kappa shape index (κ1) is 27.7. The molecule has 0 spiro atoms. The summed E-state index contributed by atoms with van der Waals surface area (Å²) in [5.41, 5.74) is 15.8. The Balaban J connectivity index is 5.40. The molecule has 31 heavy (non-hydrogen) atoms. The summed E-state index contributed by atoms with van der Waals surface area (Å²) in [6.45, 7) is 1.64. The molecule has 0 radical (unpaired) electrons. The molecule has 0 bridgehead atoms. The van der Waals surface area contributed by atoms with Crippen molar-refractivity contribution < 1.29 is 39.0 Å². The van der Waals surface area contributed by atoms with Gasteiger partial charge in [0.15, 0.2) is 0 Å². The molecule has 0 aromatic rings. The lowest BCUT2D eigenvalue weighted by Crippen LogP contribution is -2.57. The molecule has 0 aliphatic heterocycles. The Kier molecular flexibility index (Phi) is 12.4. The van der Waals surface area contributed by atoms with E-state index >= 15 is 0 Å². The van der Waals surface area contributed by atoms with Crippen LogP contribution in [0.15, 0.2) is 0 Å². The highest BCUT2D eigenvalue weighted by Crippen LogP contribution is 2.04. The zero-order valence-electron chi connectivity index (χ0n) is 17.1.